The highest BCUT2D eigenvalue weighted by atomic mass is 16.7. The zero-order valence-corrected chi connectivity index (χ0v) is 40.7. The lowest BCUT2D eigenvalue weighted by molar-refractivity contribution is -0.344. The van der Waals surface area contributed by atoms with Gasteiger partial charge in [0.05, 0.1) is 43.0 Å². The first-order valence-electron chi connectivity index (χ1n) is 23.1. The predicted octanol–water partition coefficient (Wildman–Crippen LogP) is 3.47. The lowest BCUT2D eigenvalue weighted by Crippen LogP contribution is -2.66. The first kappa shape index (κ1) is 54.7. The van der Waals surface area contributed by atoms with Crippen molar-refractivity contribution in [1.82, 2.24) is 9.80 Å². The summed E-state index contributed by atoms with van der Waals surface area (Å²) in [5.41, 5.74) is -1.49. The molecule has 372 valence electrons. The SMILES string of the molecule is COC1C(OC(C)=O)CC(=O)OC(C)C/C=C/C=C/C(OC2CCC(N(C)C)C(C)O2)C(C)CC(CC=O)C1OC1OC(C)C(OC2CC(C)(O)C(OC(C)=O)C(C)O2)C(N(C)C)C1O. The van der Waals surface area contributed by atoms with Crippen LogP contribution >= 0.6 is 0 Å². The van der Waals surface area contributed by atoms with E-state index in [-0.39, 0.29) is 30.9 Å². The Kier molecular flexibility index (Phi) is 21.0. The molecule has 19 atom stereocenters. The quantitative estimate of drug-likeness (QED) is 0.154. The smallest absolute Gasteiger partial charge is 0.309 e. The van der Waals surface area contributed by atoms with Crippen LogP contribution in [0.1, 0.15) is 100 Å². The summed E-state index contributed by atoms with van der Waals surface area (Å²) in [4.78, 5) is 54.6. The molecule has 4 heterocycles. The molecule has 4 rings (SSSR count). The van der Waals surface area contributed by atoms with Crippen LogP contribution in [0, 0.1) is 11.8 Å². The Labute approximate surface area is 385 Å². The molecule has 4 aliphatic rings. The fraction of sp³-hybridized carbons (Fsp3) is 0.830. The molecular weight excluding hydrogens is 849 g/mol. The monoisotopic (exact) mass is 927 g/mol. The lowest BCUT2D eigenvalue weighted by Gasteiger charge is -2.50. The minimum atomic E-state index is -1.49. The van der Waals surface area contributed by atoms with Crippen LogP contribution in [0.4, 0.5) is 0 Å². The van der Waals surface area contributed by atoms with E-state index in [1.165, 1.54) is 21.0 Å². The van der Waals surface area contributed by atoms with Gasteiger partial charge in [0.2, 0.25) is 0 Å². The van der Waals surface area contributed by atoms with Gasteiger partial charge in [-0.05, 0) is 93.9 Å². The average Bonchev–Trinajstić information content (AvgIpc) is 3.19. The molecule has 3 saturated heterocycles. The van der Waals surface area contributed by atoms with Crippen molar-refractivity contribution in [3.8, 4) is 0 Å². The van der Waals surface area contributed by atoms with Gasteiger partial charge in [-0.15, -0.1) is 0 Å². The number of carbonyl (C=O) groups is 4. The van der Waals surface area contributed by atoms with Gasteiger partial charge in [0.1, 0.15) is 42.4 Å². The van der Waals surface area contributed by atoms with Gasteiger partial charge in [-0.1, -0.05) is 31.2 Å². The molecule has 0 aromatic heterocycles. The van der Waals surface area contributed by atoms with Crippen LogP contribution in [0.15, 0.2) is 24.3 Å². The van der Waals surface area contributed by atoms with Crippen LogP contribution in [-0.2, 0) is 66.5 Å². The molecule has 65 heavy (non-hydrogen) atoms. The molecule has 0 aromatic carbocycles. The number of carbonyl (C=O) groups excluding carboxylic acids is 4. The standard InChI is InChI=1S/C47H78N2O16/c1-26-23-33(21-22-50)43(65-46-41(54)40(49(11)12)42(29(4)60-46)64-39-25-47(8,55)45(30(5)59-39)62-32(7)52)44(56-13)36(61-31(6)51)24-37(53)57-27(2)17-15-14-16-18-35(26)63-38-20-19-34(48(9)10)28(3)58-38/h14-16,18,22,26-30,33-36,38-46,54-55H,17,19-21,23-25H2,1-13H3/b15-14+,18-16+. The number of aliphatic hydroxyl groups excluding tert-OH is 1. The Morgan fingerprint density at radius 2 is 1.54 bits per heavy atom. The van der Waals surface area contributed by atoms with Crippen molar-refractivity contribution in [2.45, 2.75) is 204 Å². The van der Waals surface area contributed by atoms with E-state index in [4.69, 9.17) is 47.4 Å². The van der Waals surface area contributed by atoms with Gasteiger partial charge in [-0.3, -0.25) is 14.4 Å². The zero-order valence-electron chi connectivity index (χ0n) is 40.7. The van der Waals surface area contributed by atoms with Crippen molar-refractivity contribution in [1.29, 1.82) is 0 Å². The Morgan fingerprint density at radius 3 is 2.12 bits per heavy atom. The van der Waals surface area contributed by atoms with E-state index in [0.717, 1.165) is 12.7 Å². The summed E-state index contributed by atoms with van der Waals surface area (Å²) in [6.07, 6.45) is -1.93. The van der Waals surface area contributed by atoms with Crippen LogP contribution in [0.3, 0.4) is 0 Å². The summed E-state index contributed by atoms with van der Waals surface area (Å²) in [6, 6.07) is -0.544. The molecule has 3 fully saturated rings. The number of esters is 3. The highest BCUT2D eigenvalue weighted by molar-refractivity contribution is 5.72. The fourth-order valence-electron chi connectivity index (χ4n) is 9.80. The molecule has 0 amide bonds. The van der Waals surface area contributed by atoms with Gasteiger partial charge < -0.3 is 72.2 Å². The predicted molar refractivity (Wildman–Crippen MR) is 236 cm³/mol. The lowest BCUT2D eigenvalue weighted by atomic mass is 9.82. The molecule has 4 aliphatic heterocycles. The third-order valence-corrected chi connectivity index (χ3v) is 12.9. The summed E-state index contributed by atoms with van der Waals surface area (Å²) in [5.74, 6) is -2.81. The molecule has 0 saturated carbocycles. The Hall–Kier alpha value is -2.88. The maximum atomic E-state index is 13.5. The minimum Gasteiger partial charge on any atom is -0.462 e. The third-order valence-electron chi connectivity index (χ3n) is 12.9. The van der Waals surface area contributed by atoms with Crippen LogP contribution < -0.4 is 0 Å². The number of rotatable bonds is 13. The first-order valence-corrected chi connectivity index (χ1v) is 23.1. The van der Waals surface area contributed by atoms with Crippen LogP contribution in [-0.4, -0.2) is 183 Å². The molecule has 18 heteroatoms. The maximum absolute atomic E-state index is 13.5. The van der Waals surface area contributed by atoms with E-state index in [1.807, 2.05) is 52.2 Å². The Morgan fingerprint density at radius 1 is 0.862 bits per heavy atom. The number of hydrogen-bond acceptors (Lipinski definition) is 18. The summed E-state index contributed by atoms with van der Waals surface area (Å²) in [5, 5.41) is 23.6. The molecule has 19 unspecified atom stereocenters. The van der Waals surface area contributed by atoms with Crippen molar-refractivity contribution in [3.63, 3.8) is 0 Å². The van der Waals surface area contributed by atoms with Gasteiger partial charge in [0, 0.05) is 46.3 Å². The van der Waals surface area contributed by atoms with Gasteiger partial charge in [-0.25, -0.2) is 0 Å². The van der Waals surface area contributed by atoms with Crippen molar-refractivity contribution in [2.24, 2.45) is 11.8 Å². The molecular formula is C47H78N2O16. The van der Waals surface area contributed by atoms with E-state index in [2.05, 4.69) is 4.90 Å². The van der Waals surface area contributed by atoms with Gasteiger partial charge in [0.25, 0.3) is 0 Å². The van der Waals surface area contributed by atoms with Gasteiger partial charge in [-0.2, -0.15) is 0 Å². The average molecular weight is 927 g/mol. The van der Waals surface area contributed by atoms with Crippen LogP contribution in [0.2, 0.25) is 0 Å². The number of cyclic esters (lactones) is 1. The number of methoxy groups -OCH3 is 1. The number of allylic oxidation sites excluding steroid dienone is 2. The normalized spacial score (nSPS) is 42.4. The fourth-order valence-corrected chi connectivity index (χ4v) is 9.80. The summed E-state index contributed by atoms with van der Waals surface area (Å²) in [6.45, 7) is 13.3. The number of nitrogens with zero attached hydrogens (tertiary/aromatic N) is 2. The molecule has 0 radical (unpaired) electrons. The molecule has 0 aliphatic carbocycles. The van der Waals surface area contributed by atoms with Crippen molar-refractivity contribution >= 4 is 24.2 Å². The third kappa shape index (κ3) is 15.3. The van der Waals surface area contributed by atoms with Crippen molar-refractivity contribution in [3.05, 3.63) is 24.3 Å². The zero-order chi connectivity index (χ0) is 48.3. The second-order valence-corrected chi connectivity index (χ2v) is 19.0. The van der Waals surface area contributed by atoms with Crippen molar-refractivity contribution < 1.29 is 76.8 Å². The summed E-state index contributed by atoms with van der Waals surface area (Å²) >= 11 is 0. The maximum Gasteiger partial charge on any atom is 0.309 e. The topological polar surface area (TPSA) is 208 Å². The van der Waals surface area contributed by atoms with Crippen LogP contribution in [0.25, 0.3) is 0 Å². The van der Waals surface area contributed by atoms with Crippen LogP contribution in [0.5, 0.6) is 0 Å². The highest BCUT2D eigenvalue weighted by Crippen LogP contribution is 2.38. The Balaban J connectivity index is 1.72. The van der Waals surface area contributed by atoms with E-state index in [9.17, 15) is 29.4 Å². The number of ether oxygens (including phenoxy) is 10. The van der Waals surface area contributed by atoms with E-state index in [0.29, 0.717) is 19.3 Å². The van der Waals surface area contributed by atoms with Crippen molar-refractivity contribution in [2.75, 3.05) is 35.3 Å². The Bertz CT molecular complexity index is 1590. The summed E-state index contributed by atoms with van der Waals surface area (Å²) in [7, 11) is 8.99. The minimum absolute atomic E-state index is 0.0464. The number of aldehydes is 1. The molecule has 2 N–H and O–H groups in total. The molecule has 0 spiro atoms. The molecule has 0 bridgehead atoms. The second kappa shape index (κ2) is 24.9. The number of hydrogen-bond donors (Lipinski definition) is 2. The van der Waals surface area contributed by atoms with E-state index in [1.54, 1.807) is 46.7 Å². The second-order valence-electron chi connectivity index (χ2n) is 19.0. The van der Waals surface area contributed by atoms with Gasteiger partial charge in [0.15, 0.2) is 25.0 Å². The van der Waals surface area contributed by atoms with E-state index < -0.39 is 122 Å². The highest BCUT2D eigenvalue weighted by Gasteiger charge is 2.53. The number of aliphatic hydroxyl groups is 2. The molecule has 18 nitrogen and oxygen atoms in total. The summed E-state index contributed by atoms with van der Waals surface area (Å²) < 4.78 is 62.1. The number of likely N-dealkylation sites (N-methyl/N-ethyl adjacent to an activating group) is 2. The largest absolute Gasteiger partial charge is 0.462 e. The molecule has 0 aromatic rings. The first-order chi connectivity index (χ1) is 30.6. The van der Waals surface area contributed by atoms with Gasteiger partial charge >= 0.3 is 17.9 Å². The van der Waals surface area contributed by atoms with E-state index >= 15 is 0 Å².